The first kappa shape index (κ1) is 47.8. The van der Waals surface area contributed by atoms with Crippen LogP contribution in [0.2, 0.25) is 5.02 Å². The number of hydrogen-bond acceptors (Lipinski definition) is 7. The van der Waals surface area contributed by atoms with E-state index in [2.05, 4.69) is 25.3 Å². The van der Waals surface area contributed by atoms with Gasteiger partial charge in [0.2, 0.25) is 5.91 Å². The van der Waals surface area contributed by atoms with Crippen molar-refractivity contribution < 1.29 is 52.9 Å². The van der Waals surface area contributed by atoms with Crippen molar-refractivity contribution >= 4 is 56.1 Å². The molecule has 0 aliphatic heterocycles. The highest BCUT2D eigenvalue weighted by Gasteiger charge is 2.51. The lowest BCUT2D eigenvalue weighted by Crippen LogP contribution is -2.38. The van der Waals surface area contributed by atoms with Crippen molar-refractivity contribution in [1.29, 1.82) is 0 Å². The van der Waals surface area contributed by atoms with E-state index in [-0.39, 0.29) is 60.4 Å². The van der Waals surface area contributed by atoms with Crippen LogP contribution in [0, 0.1) is 17.6 Å². The minimum Gasteiger partial charge on any atom is -0.344 e. The third kappa shape index (κ3) is 9.43. The summed E-state index contributed by atoms with van der Waals surface area (Å²) in [5.41, 5.74) is -3.56. The van der Waals surface area contributed by atoms with E-state index in [9.17, 15) is 44.1 Å². The predicted octanol–water partition coefficient (Wildman–Crippen LogP) is 9.21. The Morgan fingerprint density at radius 1 is 0.986 bits per heavy atom. The molecule has 3 unspecified atom stereocenters. The number of carbonyl (C=O) groups is 1. The summed E-state index contributed by atoms with van der Waals surface area (Å²) in [4.78, 5) is 34.2. The van der Waals surface area contributed by atoms with Gasteiger partial charge in [-0.3, -0.25) is 32.9 Å². The smallest absolute Gasteiger partial charge is 0.292 e. The normalized spacial score (nSPS) is 16.8. The fourth-order valence-corrected chi connectivity index (χ4v) is 9.86. The highest BCUT2D eigenvalue weighted by molar-refractivity contribution is 7.87. The number of halogens is 11. The average molecular weight is 1010 g/mol. The summed E-state index contributed by atoms with van der Waals surface area (Å²) in [5.74, 6) is -12.2. The molecule has 0 bridgehead atoms. The van der Waals surface area contributed by atoms with Gasteiger partial charge in [0.25, 0.3) is 30.3 Å². The van der Waals surface area contributed by atoms with Gasteiger partial charge in [-0.1, -0.05) is 24.6 Å². The molecule has 4 heterocycles. The van der Waals surface area contributed by atoms with Crippen molar-refractivity contribution in [1.82, 2.24) is 44.2 Å². The number of alkyl halides is 8. The maximum absolute atomic E-state index is 15.6. The zero-order valence-electron chi connectivity index (χ0n) is 36.0. The average Bonchev–Trinajstić information content (AvgIpc) is 3.66. The van der Waals surface area contributed by atoms with Crippen LogP contribution >= 0.6 is 11.6 Å². The molecular weight excluding hydrogens is 974 g/mol. The number of nitrogens with one attached hydrogen (secondary N) is 2. The Hall–Kier alpha value is -6.30. The van der Waals surface area contributed by atoms with E-state index in [1.165, 1.54) is 42.6 Å². The molecule has 2 aliphatic rings. The number of benzene rings is 3. The van der Waals surface area contributed by atoms with Gasteiger partial charge < -0.3 is 5.32 Å². The lowest BCUT2D eigenvalue weighted by molar-refractivity contribution is -0.123. The highest BCUT2D eigenvalue weighted by atomic mass is 35.5. The van der Waals surface area contributed by atoms with Gasteiger partial charge in [0.1, 0.15) is 59.5 Å². The fourth-order valence-electron chi connectivity index (χ4n) is 8.55. The Morgan fingerprint density at radius 2 is 1.71 bits per heavy atom. The Balaban J connectivity index is 1.26. The molecule has 4 aromatic heterocycles. The SMILES string of the molecule is CC1Cc2c(C(F)F)nn(CC(=O)NC(Cc3cc(F)cc(F)c3)c3nc4cc(-c5ccn(CC(C)(F)F)n5)ccc4c(=O)n3-c3ccc(Cl)c4c(NS(=O)C5CC5)nn(CC(F)F)c34)c2C1(F)F. The minimum absolute atomic E-state index is 0.0596. The monoisotopic (exact) mass is 1010 g/mol. The number of amides is 1. The predicted molar refractivity (Wildman–Crippen MR) is 233 cm³/mol. The zero-order chi connectivity index (χ0) is 49.4. The van der Waals surface area contributed by atoms with Crippen LogP contribution in [0.3, 0.4) is 0 Å². The van der Waals surface area contributed by atoms with Crippen LogP contribution in [0.5, 0.6) is 0 Å². The topological polar surface area (TPSA) is 147 Å². The Bertz CT molecular complexity index is 3240. The summed E-state index contributed by atoms with van der Waals surface area (Å²) < 4.78 is 165. The second kappa shape index (κ2) is 17.9. The molecule has 0 saturated heterocycles. The van der Waals surface area contributed by atoms with E-state index in [0.717, 1.165) is 33.0 Å². The molecule has 0 radical (unpaired) electrons. The molecule has 3 atom stereocenters. The van der Waals surface area contributed by atoms with Gasteiger partial charge in [-0.15, -0.1) is 0 Å². The molecule has 7 aromatic rings. The quantitative estimate of drug-likeness (QED) is 0.0919. The Kier molecular flexibility index (Phi) is 12.4. The van der Waals surface area contributed by atoms with Crippen molar-refractivity contribution in [3.05, 3.63) is 116 Å². The molecule has 2 aliphatic carbocycles. The van der Waals surface area contributed by atoms with E-state index in [1.54, 1.807) is 0 Å². The third-order valence-corrected chi connectivity index (χ3v) is 13.5. The number of rotatable bonds is 16. The van der Waals surface area contributed by atoms with Crippen LogP contribution in [0.4, 0.5) is 49.7 Å². The van der Waals surface area contributed by atoms with Gasteiger partial charge in [0.05, 0.1) is 49.5 Å². The molecule has 1 amide bonds. The first-order valence-electron chi connectivity index (χ1n) is 21.2. The number of nitrogens with zero attached hydrogens (tertiary/aromatic N) is 8. The first-order valence-corrected chi connectivity index (χ1v) is 22.8. The Labute approximate surface area is 391 Å². The summed E-state index contributed by atoms with van der Waals surface area (Å²) in [7, 11) is -1.74. The van der Waals surface area contributed by atoms with Crippen molar-refractivity contribution in [2.24, 2.45) is 5.92 Å². The second-order valence-corrected chi connectivity index (χ2v) is 19.0. The maximum atomic E-state index is 15.6. The molecule has 9 rings (SSSR count). The second-order valence-electron chi connectivity index (χ2n) is 17.1. The molecule has 1 saturated carbocycles. The molecule has 69 heavy (non-hydrogen) atoms. The molecule has 2 N–H and O–H groups in total. The van der Waals surface area contributed by atoms with Crippen molar-refractivity contribution in [2.45, 2.75) is 95.2 Å². The van der Waals surface area contributed by atoms with E-state index >= 15 is 13.6 Å². The van der Waals surface area contributed by atoms with Gasteiger partial charge in [-0.05, 0) is 67.3 Å². The summed E-state index contributed by atoms with van der Waals surface area (Å²) in [6.07, 6.45) is -4.92. The van der Waals surface area contributed by atoms with E-state index in [4.69, 9.17) is 16.6 Å². The number of hydrogen-bond donors (Lipinski definition) is 2. The van der Waals surface area contributed by atoms with Crippen molar-refractivity contribution in [3.8, 4) is 16.9 Å². The number of carbonyl (C=O) groups excluding carboxylic acids is 1. The molecule has 25 heteroatoms. The largest absolute Gasteiger partial charge is 0.344 e. The minimum atomic E-state index is -3.69. The highest BCUT2D eigenvalue weighted by Crippen LogP contribution is 2.48. The first-order chi connectivity index (χ1) is 32.6. The van der Waals surface area contributed by atoms with Gasteiger partial charge >= 0.3 is 0 Å². The van der Waals surface area contributed by atoms with E-state index < -0.39 is 126 Å². The molecule has 3 aromatic carbocycles. The number of aromatic nitrogens is 8. The number of fused-ring (bicyclic) bond motifs is 3. The van der Waals surface area contributed by atoms with Gasteiger partial charge in [-0.2, -0.15) is 24.1 Å². The molecule has 13 nitrogen and oxygen atoms in total. The van der Waals surface area contributed by atoms with Crippen LogP contribution in [-0.4, -0.2) is 66.6 Å². The van der Waals surface area contributed by atoms with E-state index in [0.29, 0.717) is 30.5 Å². The Morgan fingerprint density at radius 3 is 2.38 bits per heavy atom. The van der Waals surface area contributed by atoms with Crippen molar-refractivity contribution in [2.75, 3.05) is 4.72 Å². The molecule has 1 fully saturated rings. The molecule has 0 spiro atoms. The van der Waals surface area contributed by atoms with Gasteiger partial charge in [0, 0.05) is 42.7 Å². The lowest BCUT2D eigenvalue weighted by atomic mass is 10.0. The summed E-state index contributed by atoms with van der Waals surface area (Å²) >= 11 is 6.70. The maximum Gasteiger partial charge on any atom is 0.292 e. The van der Waals surface area contributed by atoms with Crippen LogP contribution in [-0.2, 0) is 54.2 Å². The van der Waals surface area contributed by atoms with Crippen LogP contribution in [0.1, 0.15) is 67.5 Å². The van der Waals surface area contributed by atoms with Crippen LogP contribution < -0.4 is 15.6 Å². The van der Waals surface area contributed by atoms with Gasteiger partial charge in [-0.25, -0.2) is 44.3 Å². The number of anilines is 1. The van der Waals surface area contributed by atoms with Gasteiger partial charge in [0.15, 0.2) is 5.82 Å². The molecule has 364 valence electrons. The molecular formula is C44H37ClF10N10O3S. The third-order valence-electron chi connectivity index (χ3n) is 11.7. The van der Waals surface area contributed by atoms with Crippen molar-refractivity contribution in [3.63, 3.8) is 0 Å². The van der Waals surface area contributed by atoms with Crippen LogP contribution in [0.15, 0.2) is 65.6 Å². The summed E-state index contributed by atoms with van der Waals surface area (Å²) in [6.45, 7) is -1.12. The lowest BCUT2D eigenvalue weighted by Gasteiger charge is -2.24. The van der Waals surface area contributed by atoms with E-state index in [1.807, 2.05) is 0 Å². The zero-order valence-corrected chi connectivity index (χ0v) is 37.6. The summed E-state index contributed by atoms with van der Waals surface area (Å²) in [6, 6.07) is 8.71. The summed E-state index contributed by atoms with van der Waals surface area (Å²) in [5, 5.41) is 14.2. The fraction of sp³-hybridized carbons (Fsp3) is 0.364. The van der Waals surface area contributed by atoms with Crippen LogP contribution in [0.25, 0.3) is 38.8 Å². The standard InChI is InChI=1S/C44H37ClF10N10O3S/c1-20-11-27-36(39(50)51)59-64(38(27)44(20,54)55)18-34(66)56-31(14-21-12-23(46)16-24(47)13-21)41-57-30-15-22(29-9-10-62(58-29)19-43(2,52)53)3-6-26(30)42(67)65(41)32-8-7-28(45)35-37(32)63(17-33(48)49)60-40(35)61-69(68)25-4-5-25/h3,6-10,12-13,15-16,20,25,31,33,39H,4-5,11,14,17-19H2,1-2H3,(H,56,66)(H,60,61).